The molecule has 0 spiro atoms. The molecule has 28 heavy (non-hydrogen) atoms. The lowest BCUT2D eigenvalue weighted by atomic mass is 9.96. The highest BCUT2D eigenvalue weighted by molar-refractivity contribution is 5.83. The topological polar surface area (TPSA) is 40.6 Å². The van der Waals surface area contributed by atoms with E-state index in [1.54, 1.807) is 29.2 Å². The van der Waals surface area contributed by atoms with Gasteiger partial charge in [0.05, 0.1) is 6.04 Å². The molecule has 0 unspecified atom stereocenters. The fourth-order valence-electron chi connectivity index (χ4n) is 3.57. The first-order chi connectivity index (χ1) is 13.4. The van der Waals surface area contributed by atoms with Crippen molar-refractivity contribution < 1.29 is 18.4 Å². The molecule has 0 saturated carbocycles. The normalized spacial score (nSPS) is 15.1. The average Bonchev–Trinajstić information content (AvgIpc) is 2.70. The summed E-state index contributed by atoms with van der Waals surface area (Å²) in [7, 11) is 0. The molecule has 4 nitrogen and oxygen atoms in total. The van der Waals surface area contributed by atoms with E-state index in [0.717, 1.165) is 11.1 Å². The first-order valence-corrected chi connectivity index (χ1v) is 9.46. The summed E-state index contributed by atoms with van der Waals surface area (Å²) in [5, 5.41) is 0. The summed E-state index contributed by atoms with van der Waals surface area (Å²) in [6, 6.07) is 12.5. The van der Waals surface area contributed by atoms with E-state index >= 15 is 0 Å². The highest BCUT2D eigenvalue weighted by Crippen LogP contribution is 2.30. The van der Waals surface area contributed by atoms with Crippen molar-refractivity contribution >= 4 is 11.7 Å². The maximum Gasteiger partial charge on any atom is 0.223 e. The lowest BCUT2D eigenvalue weighted by molar-refractivity contribution is -0.134. The smallest absolute Gasteiger partial charge is 0.223 e. The largest absolute Gasteiger partial charge is 0.340 e. The van der Waals surface area contributed by atoms with Gasteiger partial charge in [-0.3, -0.25) is 9.69 Å². The van der Waals surface area contributed by atoms with Crippen molar-refractivity contribution in [3.8, 4) is 0 Å². The molecule has 148 valence electrons. The molecule has 2 aromatic rings. The van der Waals surface area contributed by atoms with Crippen LogP contribution in [0.5, 0.6) is 0 Å². The van der Waals surface area contributed by atoms with Crippen molar-refractivity contribution in [2.24, 2.45) is 0 Å². The van der Waals surface area contributed by atoms with Crippen LogP contribution in [-0.4, -0.2) is 47.7 Å². The molecular weight excluding hydrogens is 362 g/mol. The Morgan fingerprint density at radius 1 is 0.821 bits per heavy atom. The second kappa shape index (κ2) is 9.06. The predicted octanol–water partition coefficient (Wildman–Crippen LogP) is 3.57. The van der Waals surface area contributed by atoms with Gasteiger partial charge in [-0.1, -0.05) is 24.3 Å². The van der Waals surface area contributed by atoms with Gasteiger partial charge in [0.1, 0.15) is 17.4 Å². The van der Waals surface area contributed by atoms with Gasteiger partial charge in [0.2, 0.25) is 5.91 Å². The van der Waals surface area contributed by atoms with E-state index in [-0.39, 0.29) is 42.2 Å². The van der Waals surface area contributed by atoms with Crippen LogP contribution >= 0.6 is 0 Å². The number of hydrogen-bond acceptors (Lipinski definition) is 3. The van der Waals surface area contributed by atoms with Crippen molar-refractivity contribution in [2.45, 2.75) is 25.8 Å². The number of Topliss-reactive ketones (excluding diaryl/α,β-unsaturated/α-hetero) is 1. The van der Waals surface area contributed by atoms with E-state index in [4.69, 9.17) is 0 Å². The lowest BCUT2D eigenvalue weighted by Crippen LogP contribution is -2.49. The predicted molar refractivity (Wildman–Crippen MR) is 103 cm³/mol. The summed E-state index contributed by atoms with van der Waals surface area (Å²) in [5.41, 5.74) is 1.84. The number of halogens is 2. The summed E-state index contributed by atoms with van der Waals surface area (Å²) in [5.74, 6) is -0.598. The summed E-state index contributed by atoms with van der Waals surface area (Å²) in [6.45, 7) is 3.91. The van der Waals surface area contributed by atoms with Crippen molar-refractivity contribution in [1.82, 2.24) is 9.80 Å². The Kier molecular flexibility index (Phi) is 6.52. The zero-order chi connectivity index (χ0) is 20.1. The quantitative estimate of drug-likeness (QED) is 0.762. The minimum atomic E-state index is -0.303. The third-order valence-electron chi connectivity index (χ3n) is 5.09. The number of benzene rings is 2. The molecule has 0 aromatic heterocycles. The molecule has 1 amide bonds. The highest BCUT2D eigenvalue weighted by atomic mass is 19.1. The van der Waals surface area contributed by atoms with E-state index in [1.807, 2.05) is 0 Å². The number of hydrogen-bond donors (Lipinski definition) is 0. The van der Waals surface area contributed by atoms with Crippen LogP contribution in [0.2, 0.25) is 0 Å². The first kappa shape index (κ1) is 20.1. The van der Waals surface area contributed by atoms with Gasteiger partial charge < -0.3 is 9.69 Å². The number of rotatable bonds is 6. The zero-order valence-corrected chi connectivity index (χ0v) is 15.9. The number of carbonyl (C=O) groups is 2. The minimum absolute atomic E-state index is 0.00466. The van der Waals surface area contributed by atoms with Crippen molar-refractivity contribution in [3.63, 3.8) is 0 Å². The Hall–Kier alpha value is -2.60. The van der Waals surface area contributed by atoms with E-state index in [2.05, 4.69) is 4.90 Å². The SMILES string of the molecule is CC(=O)CCC(=O)N1CCN(C(c2ccc(F)cc2)c2ccc(F)cc2)CC1. The summed E-state index contributed by atoms with van der Waals surface area (Å²) >= 11 is 0. The zero-order valence-electron chi connectivity index (χ0n) is 15.9. The van der Waals surface area contributed by atoms with Crippen LogP contribution in [0.4, 0.5) is 8.78 Å². The van der Waals surface area contributed by atoms with Crippen molar-refractivity contribution in [3.05, 3.63) is 71.3 Å². The van der Waals surface area contributed by atoms with Gasteiger partial charge in [-0.15, -0.1) is 0 Å². The van der Waals surface area contributed by atoms with Crippen LogP contribution in [0, 0.1) is 11.6 Å². The second-order valence-electron chi connectivity index (χ2n) is 7.12. The van der Waals surface area contributed by atoms with Crippen molar-refractivity contribution in [2.75, 3.05) is 26.2 Å². The standard InChI is InChI=1S/C22H24F2N2O2/c1-16(27)2-11-21(28)25-12-14-26(15-13-25)22(17-3-7-19(23)8-4-17)18-5-9-20(24)10-6-18/h3-10,22H,2,11-15H2,1H3. The third-order valence-corrected chi connectivity index (χ3v) is 5.09. The third kappa shape index (κ3) is 5.01. The number of amides is 1. The van der Waals surface area contributed by atoms with Gasteiger partial charge in [-0.25, -0.2) is 8.78 Å². The maximum absolute atomic E-state index is 13.4. The van der Waals surface area contributed by atoms with Crippen LogP contribution in [0.3, 0.4) is 0 Å². The monoisotopic (exact) mass is 386 g/mol. The average molecular weight is 386 g/mol. The van der Waals surface area contributed by atoms with Crippen LogP contribution in [0.1, 0.15) is 36.9 Å². The van der Waals surface area contributed by atoms with E-state index in [1.165, 1.54) is 31.2 Å². The summed E-state index contributed by atoms with van der Waals surface area (Å²) in [6.07, 6.45) is 0.515. The lowest BCUT2D eigenvalue weighted by Gasteiger charge is -2.39. The fourth-order valence-corrected chi connectivity index (χ4v) is 3.57. The molecule has 1 fully saturated rings. The Morgan fingerprint density at radius 2 is 1.29 bits per heavy atom. The van der Waals surface area contributed by atoms with Crippen LogP contribution < -0.4 is 0 Å². The molecule has 1 aliphatic rings. The minimum Gasteiger partial charge on any atom is -0.340 e. The van der Waals surface area contributed by atoms with Crippen LogP contribution in [0.15, 0.2) is 48.5 Å². The molecule has 3 rings (SSSR count). The Labute approximate surface area is 163 Å². The van der Waals surface area contributed by atoms with Gasteiger partial charge in [-0.2, -0.15) is 0 Å². The van der Waals surface area contributed by atoms with Gasteiger partial charge >= 0.3 is 0 Å². The van der Waals surface area contributed by atoms with Crippen LogP contribution in [0.25, 0.3) is 0 Å². The van der Waals surface area contributed by atoms with Gasteiger partial charge in [-0.05, 0) is 42.3 Å². The highest BCUT2D eigenvalue weighted by Gasteiger charge is 2.28. The molecule has 0 aliphatic carbocycles. The Bertz CT molecular complexity index is 768. The van der Waals surface area contributed by atoms with E-state index in [9.17, 15) is 18.4 Å². The number of piperazine rings is 1. The van der Waals surface area contributed by atoms with Gasteiger partial charge in [0, 0.05) is 39.0 Å². The Morgan fingerprint density at radius 3 is 1.71 bits per heavy atom. The molecule has 1 heterocycles. The first-order valence-electron chi connectivity index (χ1n) is 9.46. The molecule has 2 aromatic carbocycles. The molecule has 0 radical (unpaired) electrons. The molecule has 6 heteroatoms. The summed E-state index contributed by atoms with van der Waals surface area (Å²) in [4.78, 5) is 27.4. The molecule has 0 bridgehead atoms. The number of nitrogens with zero attached hydrogens (tertiary/aromatic N) is 2. The van der Waals surface area contributed by atoms with E-state index in [0.29, 0.717) is 26.2 Å². The van der Waals surface area contributed by atoms with Gasteiger partial charge in [0.15, 0.2) is 0 Å². The molecule has 1 aliphatic heterocycles. The molecule has 0 atom stereocenters. The number of carbonyl (C=O) groups excluding carboxylic acids is 2. The number of ketones is 1. The van der Waals surface area contributed by atoms with Crippen molar-refractivity contribution in [1.29, 1.82) is 0 Å². The molecular formula is C22H24F2N2O2. The van der Waals surface area contributed by atoms with Gasteiger partial charge in [0.25, 0.3) is 0 Å². The fraction of sp³-hybridized carbons (Fsp3) is 0.364. The molecule has 0 N–H and O–H groups in total. The van der Waals surface area contributed by atoms with E-state index < -0.39 is 0 Å². The Balaban J connectivity index is 1.75. The molecule has 1 saturated heterocycles. The second-order valence-corrected chi connectivity index (χ2v) is 7.12. The maximum atomic E-state index is 13.4. The summed E-state index contributed by atoms with van der Waals surface area (Å²) < 4.78 is 26.8. The van der Waals surface area contributed by atoms with Crippen LogP contribution in [-0.2, 0) is 9.59 Å².